The fraction of sp³-hybridized carbons (Fsp3) is 0.118. The van der Waals surface area contributed by atoms with Crippen LogP contribution in [0.15, 0.2) is 40.3 Å². The number of fused-ring (bicyclic) bond motifs is 1. The van der Waals surface area contributed by atoms with Gasteiger partial charge in [0.25, 0.3) is 16.7 Å². The number of nitrogens with one attached hydrogen (secondary N) is 3. The lowest BCUT2D eigenvalue weighted by Crippen LogP contribution is -2.18. The van der Waals surface area contributed by atoms with E-state index in [0.717, 1.165) is 11.8 Å². The maximum atomic E-state index is 12.1. The van der Waals surface area contributed by atoms with E-state index < -0.39 is 11.1 Å². The number of para-hydroxylation sites is 1. The van der Waals surface area contributed by atoms with E-state index in [4.69, 9.17) is 0 Å². The number of carbonyl (C=O) groups excluding carboxylic acids is 2. The smallest absolute Gasteiger partial charge is 0.290 e. The predicted molar refractivity (Wildman–Crippen MR) is 103 cm³/mol. The van der Waals surface area contributed by atoms with Crippen molar-refractivity contribution in [3.8, 4) is 0 Å². The molecular weight excluding hydrogens is 382 g/mol. The maximum absolute atomic E-state index is 12.1. The molecule has 10 nitrogen and oxygen atoms in total. The van der Waals surface area contributed by atoms with Gasteiger partial charge in [-0.3, -0.25) is 19.7 Å². The molecule has 1 aliphatic rings. The van der Waals surface area contributed by atoms with E-state index in [-0.39, 0.29) is 16.3 Å². The number of thioether (sulfide) groups is 1. The van der Waals surface area contributed by atoms with Crippen LogP contribution in [0.3, 0.4) is 0 Å². The average molecular weight is 395 g/mol. The lowest BCUT2D eigenvalue weighted by molar-refractivity contribution is -0.115. The fourth-order valence-corrected chi connectivity index (χ4v) is 3.20. The Kier molecular flexibility index (Phi) is 4.81. The van der Waals surface area contributed by atoms with E-state index in [0.29, 0.717) is 35.6 Å². The first kappa shape index (κ1) is 17.8. The topological polar surface area (TPSA) is 143 Å². The number of imide groups is 1. The van der Waals surface area contributed by atoms with Gasteiger partial charge in [-0.25, -0.2) is 15.0 Å². The van der Waals surface area contributed by atoms with Crippen molar-refractivity contribution in [3.05, 3.63) is 57.5 Å². The minimum atomic E-state index is -0.476. The van der Waals surface area contributed by atoms with Crippen LogP contribution >= 0.6 is 11.8 Å². The van der Waals surface area contributed by atoms with Crippen LogP contribution in [0.1, 0.15) is 11.6 Å². The molecule has 2 aromatic heterocycles. The number of hydrogen-bond donors (Lipinski definition) is 3. The van der Waals surface area contributed by atoms with Gasteiger partial charge in [0.05, 0.1) is 15.8 Å². The molecule has 1 aromatic carbocycles. The van der Waals surface area contributed by atoms with Gasteiger partial charge in [-0.1, -0.05) is 12.1 Å². The van der Waals surface area contributed by atoms with Gasteiger partial charge in [0, 0.05) is 19.0 Å². The second-order valence-corrected chi connectivity index (χ2v) is 6.74. The Balaban J connectivity index is 1.43. The Bertz CT molecular complexity index is 1170. The van der Waals surface area contributed by atoms with Crippen LogP contribution in [0.25, 0.3) is 17.0 Å². The first-order valence-electron chi connectivity index (χ1n) is 8.24. The molecule has 28 heavy (non-hydrogen) atoms. The van der Waals surface area contributed by atoms with Gasteiger partial charge in [-0.2, -0.15) is 4.98 Å². The minimum Gasteiger partial charge on any atom is -0.354 e. The molecule has 0 unspecified atom stereocenters. The molecule has 1 aliphatic heterocycles. The van der Waals surface area contributed by atoms with Crippen molar-refractivity contribution < 1.29 is 9.59 Å². The molecule has 3 aromatic rings. The van der Waals surface area contributed by atoms with Gasteiger partial charge in [0.2, 0.25) is 5.95 Å². The van der Waals surface area contributed by atoms with Gasteiger partial charge in [-0.05, 0) is 23.9 Å². The SMILES string of the molecule is O=C1NC(=O)C(=Cc2ncnc(NCCc3nc4ccccc4c(=O)[nH]3)n2)S1. The molecule has 0 aliphatic carbocycles. The molecule has 2 amide bonds. The van der Waals surface area contributed by atoms with Crippen LogP contribution in [-0.2, 0) is 11.2 Å². The molecule has 140 valence electrons. The number of rotatable bonds is 5. The van der Waals surface area contributed by atoms with Gasteiger partial charge < -0.3 is 10.3 Å². The summed E-state index contributed by atoms with van der Waals surface area (Å²) in [4.78, 5) is 54.4. The summed E-state index contributed by atoms with van der Waals surface area (Å²) in [6.07, 6.45) is 3.17. The number of benzene rings is 1. The average Bonchev–Trinajstić information content (AvgIpc) is 2.99. The standard InChI is InChI=1S/C17H13N7O3S/c25-14-9-3-1-2-4-10(9)21-12(22-14)5-6-18-16-20-8-19-13(23-16)7-11-15(26)24-17(27)28-11/h1-4,7-8H,5-6H2,(H,21,22,25)(H,24,26,27)(H,18,19,20,23). The van der Waals surface area contributed by atoms with Crippen LogP contribution in [-0.4, -0.2) is 42.6 Å². The van der Waals surface area contributed by atoms with Crippen molar-refractivity contribution >= 4 is 45.8 Å². The van der Waals surface area contributed by atoms with Crippen LogP contribution in [0.4, 0.5) is 10.7 Å². The van der Waals surface area contributed by atoms with Crippen LogP contribution < -0.4 is 16.2 Å². The molecule has 0 spiro atoms. The number of nitrogens with zero attached hydrogens (tertiary/aromatic N) is 4. The summed E-state index contributed by atoms with van der Waals surface area (Å²) in [7, 11) is 0. The third-order valence-corrected chi connectivity index (χ3v) is 4.61. The molecule has 0 bridgehead atoms. The first-order chi connectivity index (χ1) is 13.6. The Morgan fingerprint density at radius 3 is 2.79 bits per heavy atom. The molecule has 1 fully saturated rings. The molecule has 4 rings (SSSR count). The molecule has 0 saturated carbocycles. The summed E-state index contributed by atoms with van der Waals surface area (Å²) >= 11 is 0.790. The number of hydrogen-bond acceptors (Lipinski definition) is 9. The van der Waals surface area contributed by atoms with Crippen molar-refractivity contribution in [2.24, 2.45) is 0 Å². The number of anilines is 1. The van der Waals surface area contributed by atoms with E-state index in [1.807, 2.05) is 6.07 Å². The highest BCUT2D eigenvalue weighted by atomic mass is 32.2. The summed E-state index contributed by atoms with van der Waals surface area (Å²) in [5, 5.41) is 5.30. The van der Waals surface area contributed by atoms with E-state index >= 15 is 0 Å². The Hall–Kier alpha value is -3.60. The molecule has 0 atom stereocenters. The van der Waals surface area contributed by atoms with E-state index in [2.05, 4.69) is 35.6 Å². The second kappa shape index (κ2) is 7.56. The highest BCUT2D eigenvalue weighted by molar-refractivity contribution is 8.18. The summed E-state index contributed by atoms with van der Waals surface area (Å²) in [5.41, 5.74) is 0.453. The lowest BCUT2D eigenvalue weighted by atomic mass is 10.2. The highest BCUT2D eigenvalue weighted by Crippen LogP contribution is 2.24. The first-order valence-corrected chi connectivity index (χ1v) is 9.06. The summed E-state index contributed by atoms with van der Waals surface area (Å²) < 4.78 is 0. The quantitative estimate of drug-likeness (QED) is 0.541. The zero-order valence-corrected chi connectivity index (χ0v) is 15.1. The van der Waals surface area contributed by atoms with Crippen molar-refractivity contribution in [2.45, 2.75) is 6.42 Å². The van der Waals surface area contributed by atoms with Gasteiger partial charge in [0.15, 0.2) is 5.82 Å². The molecule has 11 heteroatoms. The van der Waals surface area contributed by atoms with Crippen molar-refractivity contribution in [1.82, 2.24) is 30.2 Å². The maximum Gasteiger partial charge on any atom is 0.290 e. The number of amides is 2. The van der Waals surface area contributed by atoms with Crippen LogP contribution in [0.2, 0.25) is 0 Å². The molecule has 1 saturated heterocycles. The number of H-pyrrole nitrogens is 1. The summed E-state index contributed by atoms with van der Waals surface area (Å²) in [5.74, 6) is 0.628. The second-order valence-electron chi connectivity index (χ2n) is 5.73. The highest BCUT2D eigenvalue weighted by Gasteiger charge is 2.25. The van der Waals surface area contributed by atoms with E-state index in [9.17, 15) is 14.4 Å². The minimum absolute atomic E-state index is 0.184. The molecular formula is C17H13N7O3S. The van der Waals surface area contributed by atoms with E-state index in [1.165, 1.54) is 12.4 Å². The molecule has 3 heterocycles. The normalized spacial score (nSPS) is 15.2. The number of aromatic amines is 1. The van der Waals surface area contributed by atoms with Gasteiger partial charge >= 0.3 is 0 Å². The van der Waals surface area contributed by atoms with E-state index in [1.54, 1.807) is 18.2 Å². The largest absolute Gasteiger partial charge is 0.354 e. The van der Waals surface area contributed by atoms with Crippen molar-refractivity contribution in [2.75, 3.05) is 11.9 Å². The Morgan fingerprint density at radius 2 is 1.96 bits per heavy atom. The monoisotopic (exact) mass is 395 g/mol. The number of carbonyl (C=O) groups is 2. The van der Waals surface area contributed by atoms with Gasteiger partial charge in [0.1, 0.15) is 12.2 Å². The molecule has 3 N–H and O–H groups in total. The Morgan fingerprint density at radius 1 is 1.11 bits per heavy atom. The van der Waals surface area contributed by atoms with Crippen LogP contribution in [0, 0.1) is 0 Å². The van der Waals surface area contributed by atoms with Gasteiger partial charge in [-0.15, -0.1) is 0 Å². The zero-order valence-electron chi connectivity index (χ0n) is 14.3. The predicted octanol–water partition coefficient (Wildman–Crippen LogP) is 1.09. The third-order valence-electron chi connectivity index (χ3n) is 3.80. The molecule has 0 radical (unpaired) electrons. The number of aromatic nitrogens is 5. The van der Waals surface area contributed by atoms with Crippen molar-refractivity contribution in [3.63, 3.8) is 0 Å². The Labute approximate surface area is 161 Å². The fourth-order valence-electron chi connectivity index (χ4n) is 2.55. The third kappa shape index (κ3) is 3.88. The van der Waals surface area contributed by atoms with Crippen molar-refractivity contribution in [1.29, 1.82) is 0 Å². The zero-order chi connectivity index (χ0) is 19.5. The van der Waals surface area contributed by atoms with Crippen LogP contribution in [0.5, 0.6) is 0 Å². The lowest BCUT2D eigenvalue weighted by Gasteiger charge is -2.05. The summed E-state index contributed by atoms with van der Waals surface area (Å²) in [6.45, 7) is 0.426. The summed E-state index contributed by atoms with van der Waals surface area (Å²) in [6, 6.07) is 7.13.